The number of thioether (sulfide) groups is 1. The molecule has 1 aromatic heterocycles. The Morgan fingerprint density at radius 3 is 2.57 bits per heavy atom. The number of para-hydroxylation sites is 2. The summed E-state index contributed by atoms with van der Waals surface area (Å²) in [6, 6.07) is 17.8. The Balaban J connectivity index is 1.73. The number of benzene rings is 2. The number of aromatic amines is 1. The summed E-state index contributed by atoms with van der Waals surface area (Å²) < 4.78 is 5.94. The van der Waals surface area contributed by atoms with Crippen molar-refractivity contribution >= 4 is 11.8 Å². The van der Waals surface area contributed by atoms with E-state index in [1.807, 2.05) is 55.5 Å². The molecule has 0 unspecified atom stereocenters. The SMILES string of the molecule is Cc1nc(SCc2ccccc2Oc2ccccc2)n[nH]1. The van der Waals surface area contributed by atoms with Crippen LogP contribution >= 0.6 is 11.8 Å². The second kappa shape index (κ2) is 6.45. The summed E-state index contributed by atoms with van der Waals surface area (Å²) in [6.07, 6.45) is 0. The standard InChI is InChI=1S/C16H15N3OS/c1-12-17-16(19-18-12)21-11-13-7-5-6-10-15(13)20-14-8-3-2-4-9-14/h2-10H,11H2,1H3,(H,17,18,19). The van der Waals surface area contributed by atoms with Crippen molar-refractivity contribution in [2.45, 2.75) is 17.8 Å². The molecule has 2 aromatic carbocycles. The minimum Gasteiger partial charge on any atom is -0.457 e. The molecule has 0 aliphatic carbocycles. The predicted molar refractivity (Wildman–Crippen MR) is 83.6 cm³/mol. The summed E-state index contributed by atoms with van der Waals surface area (Å²) in [4.78, 5) is 4.29. The van der Waals surface area contributed by atoms with Crippen molar-refractivity contribution in [1.82, 2.24) is 15.2 Å². The van der Waals surface area contributed by atoms with E-state index in [1.54, 1.807) is 11.8 Å². The van der Waals surface area contributed by atoms with Gasteiger partial charge in [0.15, 0.2) is 0 Å². The smallest absolute Gasteiger partial charge is 0.208 e. The third-order valence-electron chi connectivity index (χ3n) is 2.88. The van der Waals surface area contributed by atoms with E-state index in [-0.39, 0.29) is 0 Å². The number of aromatic nitrogens is 3. The van der Waals surface area contributed by atoms with Crippen molar-refractivity contribution in [2.75, 3.05) is 0 Å². The molecule has 0 bridgehead atoms. The van der Waals surface area contributed by atoms with Crippen LogP contribution in [-0.4, -0.2) is 15.2 Å². The van der Waals surface area contributed by atoms with E-state index in [0.29, 0.717) is 0 Å². The molecule has 0 aliphatic rings. The minimum atomic E-state index is 0.752. The first kappa shape index (κ1) is 13.7. The fourth-order valence-corrected chi connectivity index (χ4v) is 2.70. The lowest BCUT2D eigenvalue weighted by molar-refractivity contribution is 0.478. The van der Waals surface area contributed by atoms with E-state index in [1.165, 1.54) is 0 Å². The van der Waals surface area contributed by atoms with Gasteiger partial charge in [0.1, 0.15) is 17.3 Å². The molecule has 1 heterocycles. The van der Waals surface area contributed by atoms with Crippen LogP contribution in [0.3, 0.4) is 0 Å². The monoisotopic (exact) mass is 297 g/mol. The van der Waals surface area contributed by atoms with Crippen LogP contribution in [0.4, 0.5) is 0 Å². The summed E-state index contributed by atoms with van der Waals surface area (Å²) in [5.41, 5.74) is 1.12. The van der Waals surface area contributed by atoms with Crippen LogP contribution in [-0.2, 0) is 5.75 Å². The molecule has 1 N–H and O–H groups in total. The number of hydrogen-bond donors (Lipinski definition) is 1. The first-order valence-corrected chi connectivity index (χ1v) is 7.62. The van der Waals surface area contributed by atoms with Crippen LogP contribution in [0.25, 0.3) is 0 Å². The second-order valence-corrected chi connectivity index (χ2v) is 5.46. The van der Waals surface area contributed by atoms with Crippen LogP contribution < -0.4 is 4.74 Å². The molecule has 0 fully saturated rings. The molecule has 0 atom stereocenters. The second-order valence-electron chi connectivity index (χ2n) is 4.51. The zero-order chi connectivity index (χ0) is 14.5. The number of hydrogen-bond acceptors (Lipinski definition) is 4. The molecule has 4 nitrogen and oxygen atoms in total. The third-order valence-corrected chi connectivity index (χ3v) is 3.77. The first-order valence-electron chi connectivity index (χ1n) is 6.64. The summed E-state index contributed by atoms with van der Waals surface area (Å²) in [6.45, 7) is 1.89. The summed E-state index contributed by atoms with van der Waals surface area (Å²) in [5.74, 6) is 3.29. The Morgan fingerprint density at radius 1 is 1.05 bits per heavy atom. The van der Waals surface area contributed by atoms with E-state index >= 15 is 0 Å². The van der Waals surface area contributed by atoms with Crippen molar-refractivity contribution in [2.24, 2.45) is 0 Å². The molecule has 5 heteroatoms. The molecule has 21 heavy (non-hydrogen) atoms. The van der Waals surface area contributed by atoms with Crippen molar-refractivity contribution in [1.29, 1.82) is 0 Å². The summed E-state index contributed by atoms with van der Waals surface area (Å²) in [7, 11) is 0. The van der Waals surface area contributed by atoms with Gasteiger partial charge in [-0.25, -0.2) is 4.98 Å². The molecule has 0 spiro atoms. The molecule has 0 radical (unpaired) electrons. The number of nitrogens with one attached hydrogen (secondary N) is 1. The molecule has 3 aromatic rings. The van der Waals surface area contributed by atoms with E-state index < -0.39 is 0 Å². The van der Waals surface area contributed by atoms with Gasteiger partial charge in [0, 0.05) is 11.3 Å². The average Bonchev–Trinajstić information content (AvgIpc) is 2.93. The maximum Gasteiger partial charge on any atom is 0.208 e. The predicted octanol–water partition coefficient (Wildman–Crippen LogP) is 4.20. The summed E-state index contributed by atoms with van der Waals surface area (Å²) in [5, 5.41) is 7.73. The largest absolute Gasteiger partial charge is 0.457 e. The highest BCUT2D eigenvalue weighted by atomic mass is 32.2. The molecule has 3 rings (SSSR count). The Labute approximate surface area is 127 Å². The fourth-order valence-electron chi connectivity index (χ4n) is 1.87. The number of ether oxygens (including phenoxy) is 1. The Hall–Kier alpha value is -2.27. The number of rotatable bonds is 5. The molecule has 0 saturated heterocycles. The maximum atomic E-state index is 5.94. The molecule has 0 amide bonds. The van der Waals surface area contributed by atoms with Gasteiger partial charge in [0.25, 0.3) is 0 Å². The third kappa shape index (κ3) is 3.64. The minimum absolute atomic E-state index is 0.752. The molecule has 106 valence electrons. The van der Waals surface area contributed by atoms with E-state index in [9.17, 15) is 0 Å². The zero-order valence-electron chi connectivity index (χ0n) is 11.6. The van der Waals surface area contributed by atoms with Gasteiger partial charge in [-0.1, -0.05) is 48.2 Å². The number of H-pyrrole nitrogens is 1. The van der Waals surface area contributed by atoms with E-state index in [2.05, 4.69) is 21.2 Å². The van der Waals surface area contributed by atoms with Crippen LogP contribution in [0, 0.1) is 6.92 Å². The van der Waals surface area contributed by atoms with E-state index in [4.69, 9.17) is 4.74 Å². The lowest BCUT2D eigenvalue weighted by atomic mass is 10.2. The van der Waals surface area contributed by atoms with Gasteiger partial charge in [0.05, 0.1) is 0 Å². The highest BCUT2D eigenvalue weighted by Gasteiger charge is 2.07. The van der Waals surface area contributed by atoms with Crippen molar-refractivity contribution < 1.29 is 4.74 Å². The van der Waals surface area contributed by atoms with Crippen LogP contribution in [0.15, 0.2) is 59.8 Å². The average molecular weight is 297 g/mol. The highest BCUT2D eigenvalue weighted by molar-refractivity contribution is 7.98. The quantitative estimate of drug-likeness (QED) is 0.717. The number of nitrogens with zero attached hydrogens (tertiary/aromatic N) is 2. The first-order chi connectivity index (χ1) is 10.3. The van der Waals surface area contributed by atoms with Crippen molar-refractivity contribution in [3.05, 3.63) is 66.0 Å². The Bertz CT molecular complexity index is 712. The van der Waals surface area contributed by atoms with Crippen molar-refractivity contribution in [3.63, 3.8) is 0 Å². The molecule has 0 saturated carbocycles. The van der Waals surface area contributed by atoms with Crippen LogP contribution in [0.2, 0.25) is 0 Å². The zero-order valence-corrected chi connectivity index (χ0v) is 12.4. The Kier molecular flexibility index (Phi) is 4.21. The van der Waals surface area contributed by atoms with Gasteiger partial charge >= 0.3 is 0 Å². The normalized spacial score (nSPS) is 10.5. The molecular weight excluding hydrogens is 282 g/mol. The highest BCUT2D eigenvalue weighted by Crippen LogP contribution is 2.29. The van der Waals surface area contributed by atoms with Gasteiger partial charge in [-0.15, -0.1) is 5.10 Å². The van der Waals surface area contributed by atoms with Crippen molar-refractivity contribution in [3.8, 4) is 11.5 Å². The summed E-state index contributed by atoms with van der Waals surface area (Å²) >= 11 is 1.59. The van der Waals surface area contributed by atoms with Gasteiger partial charge in [-0.3, -0.25) is 5.10 Å². The van der Waals surface area contributed by atoms with Gasteiger partial charge in [0.2, 0.25) is 5.16 Å². The van der Waals surface area contributed by atoms with Crippen LogP contribution in [0.1, 0.15) is 11.4 Å². The van der Waals surface area contributed by atoms with Gasteiger partial charge in [-0.2, -0.15) is 0 Å². The lowest BCUT2D eigenvalue weighted by Gasteiger charge is -2.10. The van der Waals surface area contributed by atoms with Gasteiger partial charge < -0.3 is 4.74 Å². The lowest BCUT2D eigenvalue weighted by Crippen LogP contribution is -1.90. The molecule has 0 aliphatic heterocycles. The molecular formula is C16H15N3OS. The number of aryl methyl sites for hydroxylation is 1. The van der Waals surface area contributed by atoms with Crippen LogP contribution in [0.5, 0.6) is 11.5 Å². The van der Waals surface area contributed by atoms with E-state index in [0.717, 1.165) is 33.8 Å². The Morgan fingerprint density at radius 2 is 1.81 bits per heavy atom. The fraction of sp³-hybridized carbons (Fsp3) is 0.125. The van der Waals surface area contributed by atoms with Gasteiger partial charge in [-0.05, 0) is 25.1 Å². The maximum absolute atomic E-state index is 5.94. The topological polar surface area (TPSA) is 50.8 Å².